The fraction of sp³-hybridized carbons (Fsp3) is 0.531. The first kappa shape index (κ1) is 28.7. The third-order valence-corrected chi connectivity index (χ3v) is 9.64. The molecule has 224 valence electrons. The molecule has 1 aromatic carbocycles. The summed E-state index contributed by atoms with van der Waals surface area (Å²) in [5.74, 6) is 0.0177. The number of amides is 2. The monoisotopic (exact) mass is 579 g/mol. The van der Waals surface area contributed by atoms with Crippen LogP contribution in [0.2, 0.25) is 0 Å². The van der Waals surface area contributed by atoms with Gasteiger partial charge in [0.15, 0.2) is 0 Å². The molecule has 0 aliphatic carbocycles. The molecule has 0 spiro atoms. The topological polar surface area (TPSA) is 70.4 Å². The van der Waals surface area contributed by atoms with Crippen LogP contribution in [0.4, 0.5) is 8.78 Å². The van der Waals surface area contributed by atoms with E-state index in [2.05, 4.69) is 16.8 Å². The first-order valence-corrected chi connectivity index (χ1v) is 15.0. The third-order valence-electron chi connectivity index (χ3n) is 9.64. The second kappa shape index (κ2) is 11.4. The number of hydrogen-bond acceptors (Lipinski definition) is 5. The number of benzene rings is 1. The van der Waals surface area contributed by atoms with Crippen molar-refractivity contribution in [2.75, 3.05) is 45.9 Å². The number of ether oxygens (including phenoxy) is 1. The molecule has 2 amide bonds. The molecule has 0 radical (unpaired) electrons. The molecule has 10 heteroatoms. The molecule has 0 saturated carbocycles. The second-order valence-electron chi connectivity index (χ2n) is 12.2. The molecular weight excluding hydrogens is 540 g/mol. The average Bonchev–Trinajstić information content (AvgIpc) is 3.24. The van der Waals surface area contributed by atoms with Crippen molar-refractivity contribution in [1.82, 2.24) is 24.1 Å². The Balaban J connectivity index is 1.30. The van der Waals surface area contributed by atoms with Gasteiger partial charge in [-0.25, -0.2) is 9.37 Å². The third kappa shape index (κ3) is 5.19. The van der Waals surface area contributed by atoms with Gasteiger partial charge in [-0.1, -0.05) is 6.07 Å². The Morgan fingerprint density at radius 2 is 1.81 bits per heavy atom. The molecule has 3 aliphatic rings. The van der Waals surface area contributed by atoms with Crippen molar-refractivity contribution in [3.63, 3.8) is 0 Å². The van der Waals surface area contributed by atoms with Crippen LogP contribution in [0.1, 0.15) is 61.3 Å². The van der Waals surface area contributed by atoms with Gasteiger partial charge in [0.25, 0.3) is 5.91 Å². The van der Waals surface area contributed by atoms with E-state index < -0.39 is 11.8 Å². The van der Waals surface area contributed by atoms with Crippen LogP contribution < -0.4 is 0 Å². The molecule has 42 heavy (non-hydrogen) atoms. The van der Waals surface area contributed by atoms with Gasteiger partial charge in [-0.15, -0.1) is 0 Å². The molecule has 8 nitrogen and oxygen atoms in total. The number of morpholine rings is 1. The minimum Gasteiger partial charge on any atom is -0.377 e. The van der Waals surface area contributed by atoms with Crippen LogP contribution in [-0.4, -0.2) is 93.9 Å². The van der Waals surface area contributed by atoms with E-state index in [0.29, 0.717) is 48.7 Å². The van der Waals surface area contributed by atoms with Crippen molar-refractivity contribution in [3.8, 4) is 11.1 Å². The number of piperidine rings is 1. The first-order valence-electron chi connectivity index (χ1n) is 15.0. The first-order chi connectivity index (χ1) is 20.1. The smallest absolute Gasteiger partial charge is 0.254 e. The van der Waals surface area contributed by atoms with E-state index in [0.717, 1.165) is 44.6 Å². The van der Waals surface area contributed by atoms with Crippen LogP contribution in [-0.2, 0) is 9.53 Å². The molecule has 3 aliphatic heterocycles. The van der Waals surface area contributed by atoms with E-state index >= 15 is 4.39 Å². The van der Waals surface area contributed by atoms with Crippen molar-refractivity contribution < 1.29 is 23.1 Å². The lowest BCUT2D eigenvalue weighted by molar-refractivity contribution is -0.130. The number of aromatic nitrogens is 2. The lowest BCUT2D eigenvalue weighted by atomic mass is 9.83. The van der Waals surface area contributed by atoms with Crippen LogP contribution in [0.25, 0.3) is 16.6 Å². The summed E-state index contributed by atoms with van der Waals surface area (Å²) in [5.41, 5.74) is 2.57. The lowest BCUT2D eigenvalue weighted by Gasteiger charge is -2.47. The van der Waals surface area contributed by atoms with Gasteiger partial charge in [-0.3, -0.25) is 14.5 Å². The van der Waals surface area contributed by atoms with E-state index in [1.165, 1.54) is 12.1 Å². The Labute approximate surface area is 245 Å². The number of imidazole rings is 1. The number of likely N-dealkylation sites (tertiary alicyclic amines) is 2. The average molecular weight is 580 g/mol. The highest BCUT2D eigenvalue weighted by atomic mass is 19.1. The van der Waals surface area contributed by atoms with Gasteiger partial charge in [0.2, 0.25) is 11.9 Å². The summed E-state index contributed by atoms with van der Waals surface area (Å²) in [7, 11) is 0. The summed E-state index contributed by atoms with van der Waals surface area (Å²) in [6.45, 7) is 12.2. The van der Waals surface area contributed by atoms with Crippen LogP contribution in [0, 0.1) is 24.6 Å². The molecule has 2 atom stereocenters. The Morgan fingerprint density at radius 3 is 2.50 bits per heavy atom. The fourth-order valence-corrected chi connectivity index (χ4v) is 6.92. The molecule has 3 aromatic rings. The molecule has 0 unspecified atom stereocenters. The van der Waals surface area contributed by atoms with E-state index in [1.54, 1.807) is 29.2 Å². The molecule has 3 fully saturated rings. The number of aryl methyl sites for hydroxylation is 1. The largest absolute Gasteiger partial charge is 0.377 e. The van der Waals surface area contributed by atoms with Crippen molar-refractivity contribution >= 4 is 17.3 Å². The van der Waals surface area contributed by atoms with Crippen LogP contribution in [0.3, 0.4) is 0 Å². The second-order valence-corrected chi connectivity index (χ2v) is 12.2. The zero-order valence-corrected chi connectivity index (χ0v) is 24.8. The number of carbonyl (C=O) groups is 2. The van der Waals surface area contributed by atoms with Crippen molar-refractivity contribution in [2.45, 2.75) is 58.5 Å². The van der Waals surface area contributed by atoms with E-state index in [4.69, 9.17) is 4.74 Å². The van der Waals surface area contributed by atoms with Gasteiger partial charge in [-0.05, 0) is 68.9 Å². The van der Waals surface area contributed by atoms with Crippen molar-refractivity contribution in [3.05, 3.63) is 59.2 Å². The molecule has 6 rings (SSSR count). The number of rotatable bonds is 5. The number of hydrogen-bond donors (Lipinski definition) is 0. The van der Waals surface area contributed by atoms with Gasteiger partial charge in [0.05, 0.1) is 24.8 Å². The standard InChI is InChI=1S/C32H39F2N5O3/c1-19-18-42-12-11-38(19)32(41)29-14-26(33)5-6-27(29)28-13-24(17-39-21(3)35-31(34)30(28)39)25-15-37(16-25)20(2)23-7-9-36(10-8-23)22(4)40/h5-6,13-14,17,19-20,23,25H,7-12,15-16,18H2,1-4H3/t19-,20-/m1/s1. The highest BCUT2D eigenvalue weighted by Crippen LogP contribution is 2.38. The van der Waals surface area contributed by atoms with Gasteiger partial charge >= 0.3 is 0 Å². The van der Waals surface area contributed by atoms with Gasteiger partial charge < -0.3 is 18.9 Å². The molecule has 3 saturated heterocycles. The zero-order chi connectivity index (χ0) is 29.7. The molecule has 0 N–H and O–H groups in total. The van der Waals surface area contributed by atoms with Gasteiger partial charge in [-0.2, -0.15) is 4.39 Å². The predicted molar refractivity (Wildman–Crippen MR) is 155 cm³/mol. The SMILES string of the molecule is CC(=O)N1CCC([C@@H](C)N2CC(c3cc(-c4ccc(F)cc4C(=O)N4CCOC[C@H]4C)c4c(F)nc(C)n4c3)C2)CC1. The van der Waals surface area contributed by atoms with Crippen molar-refractivity contribution in [2.24, 2.45) is 5.92 Å². The summed E-state index contributed by atoms with van der Waals surface area (Å²) in [6.07, 6.45) is 3.97. The van der Waals surface area contributed by atoms with E-state index in [9.17, 15) is 14.0 Å². The predicted octanol–water partition coefficient (Wildman–Crippen LogP) is 4.50. The normalized spacial score (nSPS) is 21.5. The highest BCUT2D eigenvalue weighted by Gasteiger charge is 2.37. The Hall–Kier alpha value is -3.37. The molecule has 5 heterocycles. The number of fused-ring (bicyclic) bond motifs is 1. The van der Waals surface area contributed by atoms with Crippen LogP contribution in [0.5, 0.6) is 0 Å². The maximum atomic E-state index is 15.3. The number of nitrogens with zero attached hydrogens (tertiary/aromatic N) is 5. The molecule has 0 bridgehead atoms. The summed E-state index contributed by atoms with van der Waals surface area (Å²) >= 11 is 0. The Kier molecular flexibility index (Phi) is 7.78. The minimum atomic E-state index is -0.614. The maximum Gasteiger partial charge on any atom is 0.254 e. The van der Waals surface area contributed by atoms with Crippen molar-refractivity contribution in [1.29, 1.82) is 0 Å². The summed E-state index contributed by atoms with van der Waals surface area (Å²) in [6, 6.07) is 6.38. The summed E-state index contributed by atoms with van der Waals surface area (Å²) in [4.78, 5) is 35.7. The van der Waals surface area contributed by atoms with Crippen LogP contribution in [0.15, 0.2) is 30.5 Å². The number of carbonyl (C=O) groups excluding carboxylic acids is 2. The number of halogens is 2. The Bertz CT molecular complexity index is 1510. The number of pyridine rings is 1. The Morgan fingerprint density at radius 1 is 1.07 bits per heavy atom. The van der Waals surface area contributed by atoms with E-state index in [-0.39, 0.29) is 34.9 Å². The molecular formula is C32H39F2N5O3. The molecule has 2 aromatic heterocycles. The highest BCUT2D eigenvalue weighted by molar-refractivity contribution is 6.03. The van der Waals surface area contributed by atoms with Gasteiger partial charge in [0, 0.05) is 63.4 Å². The fourth-order valence-electron chi connectivity index (χ4n) is 6.92. The van der Waals surface area contributed by atoms with E-state index in [1.807, 2.05) is 24.1 Å². The quantitative estimate of drug-likeness (QED) is 0.446. The van der Waals surface area contributed by atoms with Crippen LogP contribution >= 0.6 is 0 Å². The summed E-state index contributed by atoms with van der Waals surface area (Å²) in [5, 5.41) is 0. The minimum absolute atomic E-state index is 0.146. The summed E-state index contributed by atoms with van der Waals surface area (Å²) < 4.78 is 37.2. The lowest BCUT2D eigenvalue weighted by Crippen LogP contribution is -2.53. The maximum absolute atomic E-state index is 15.3. The van der Waals surface area contributed by atoms with Gasteiger partial charge in [0.1, 0.15) is 17.2 Å². The zero-order valence-electron chi connectivity index (χ0n) is 24.8.